The fraction of sp³-hybridized carbons (Fsp3) is 0.158. The van der Waals surface area contributed by atoms with Gasteiger partial charge in [-0.05, 0) is 37.3 Å². The Morgan fingerprint density at radius 3 is 2.68 bits per heavy atom. The first-order valence-electron chi connectivity index (χ1n) is 7.85. The van der Waals surface area contributed by atoms with E-state index in [-0.39, 0.29) is 11.2 Å². The number of carbonyl (C=O) groups is 1. The zero-order valence-corrected chi connectivity index (χ0v) is 15.5. The van der Waals surface area contributed by atoms with Crippen LogP contribution in [0, 0.1) is 0 Å². The average molecular weight is 372 g/mol. The molecule has 0 aliphatic carbocycles. The number of halogens is 1. The summed E-state index contributed by atoms with van der Waals surface area (Å²) in [4.78, 5) is 18.8. The van der Waals surface area contributed by atoms with Gasteiger partial charge in [0.25, 0.3) is 0 Å². The smallest absolute Gasteiger partial charge is 0.240 e. The van der Waals surface area contributed by atoms with Crippen LogP contribution in [0.3, 0.4) is 0 Å². The van der Waals surface area contributed by atoms with Gasteiger partial charge in [-0.3, -0.25) is 9.36 Å². The molecule has 0 N–H and O–H groups in total. The molecule has 128 valence electrons. The largest absolute Gasteiger partial charge is 0.315 e. The van der Waals surface area contributed by atoms with Crippen molar-refractivity contribution in [3.8, 4) is 5.69 Å². The number of aromatic nitrogens is 2. The number of benzene rings is 2. The summed E-state index contributed by atoms with van der Waals surface area (Å²) in [7, 11) is 1.79. The van der Waals surface area contributed by atoms with E-state index in [1.807, 2.05) is 72.3 Å². The van der Waals surface area contributed by atoms with Crippen LogP contribution < -0.4 is 4.90 Å². The van der Waals surface area contributed by atoms with Crippen LogP contribution in [0.25, 0.3) is 5.69 Å². The van der Waals surface area contributed by atoms with E-state index in [1.165, 1.54) is 11.8 Å². The van der Waals surface area contributed by atoms with Crippen LogP contribution in [0.5, 0.6) is 0 Å². The van der Waals surface area contributed by atoms with Gasteiger partial charge in [0.15, 0.2) is 5.16 Å². The predicted molar refractivity (Wildman–Crippen MR) is 104 cm³/mol. The number of carbonyl (C=O) groups excluding carboxylic acids is 1. The molecule has 25 heavy (non-hydrogen) atoms. The lowest BCUT2D eigenvalue weighted by molar-refractivity contribution is -0.117. The lowest BCUT2D eigenvalue weighted by Gasteiger charge is -2.21. The Balaban J connectivity index is 1.77. The van der Waals surface area contributed by atoms with Crippen LogP contribution >= 0.6 is 23.4 Å². The van der Waals surface area contributed by atoms with E-state index in [1.54, 1.807) is 18.1 Å². The van der Waals surface area contributed by atoms with Crippen LogP contribution in [0.2, 0.25) is 5.02 Å². The third kappa shape index (κ3) is 4.06. The SMILES string of the molecule is CC(Sc1nccn1-c1cccc(Cl)c1)C(=O)N(C)c1ccccc1. The lowest BCUT2D eigenvalue weighted by Crippen LogP contribution is -2.33. The van der Waals surface area contributed by atoms with E-state index in [0.717, 1.165) is 16.5 Å². The van der Waals surface area contributed by atoms with Crippen LogP contribution in [0.1, 0.15) is 6.92 Å². The molecule has 1 aromatic heterocycles. The van der Waals surface area contributed by atoms with Crippen LogP contribution in [-0.2, 0) is 4.79 Å². The molecule has 0 spiro atoms. The van der Waals surface area contributed by atoms with Crippen molar-refractivity contribution in [1.82, 2.24) is 9.55 Å². The maximum Gasteiger partial charge on any atom is 0.240 e. The molecule has 0 saturated carbocycles. The number of para-hydroxylation sites is 1. The van der Waals surface area contributed by atoms with E-state index in [0.29, 0.717) is 5.02 Å². The Morgan fingerprint density at radius 2 is 1.96 bits per heavy atom. The number of imidazole rings is 1. The summed E-state index contributed by atoms with van der Waals surface area (Å²) in [5.74, 6) is 0.0249. The molecule has 0 aliphatic heterocycles. The molecule has 3 aromatic rings. The quantitative estimate of drug-likeness (QED) is 0.612. The molecule has 1 heterocycles. The molecule has 0 radical (unpaired) electrons. The van der Waals surface area contributed by atoms with Crippen molar-refractivity contribution in [3.63, 3.8) is 0 Å². The highest BCUT2D eigenvalue weighted by Crippen LogP contribution is 2.27. The van der Waals surface area contributed by atoms with Gasteiger partial charge in [-0.2, -0.15) is 0 Å². The fourth-order valence-corrected chi connectivity index (χ4v) is 3.62. The number of rotatable bonds is 5. The molecule has 1 amide bonds. The number of thioether (sulfide) groups is 1. The van der Waals surface area contributed by atoms with Crippen molar-refractivity contribution in [2.24, 2.45) is 0 Å². The maximum absolute atomic E-state index is 12.7. The highest BCUT2D eigenvalue weighted by Gasteiger charge is 2.22. The monoisotopic (exact) mass is 371 g/mol. The van der Waals surface area contributed by atoms with Crippen LogP contribution in [0.15, 0.2) is 72.1 Å². The van der Waals surface area contributed by atoms with Gasteiger partial charge < -0.3 is 4.90 Å². The second-order valence-electron chi connectivity index (χ2n) is 5.55. The summed E-state index contributed by atoms with van der Waals surface area (Å²) in [5, 5.41) is 1.14. The zero-order chi connectivity index (χ0) is 17.8. The minimum absolute atomic E-state index is 0.0249. The second kappa shape index (κ2) is 7.76. The Morgan fingerprint density at radius 1 is 1.20 bits per heavy atom. The Labute approximate surface area is 156 Å². The summed E-state index contributed by atoms with van der Waals surface area (Å²) in [6.45, 7) is 1.89. The maximum atomic E-state index is 12.7. The van der Waals surface area contributed by atoms with Crippen molar-refractivity contribution < 1.29 is 4.79 Å². The van der Waals surface area contributed by atoms with Crippen molar-refractivity contribution in [1.29, 1.82) is 0 Å². The molecule has 4 nitrogen and oxygen atoms in total. The molecule has 2 aromatic carbocycles. The molecular formula is C19H18ClN3OS. The minimum Gasteiger partial charge on any atom is -0.315 e. The van der Waals surface area contributed by atoms with Gasteiger partial charge in [-0.25, -0.2) is 4.98 Å². The summed E-state index contributed by atoms with van der Waals surface area (Å²) in [6, 6.07) is 17.2. The fourth-order valence-electron chi connectivity index (χ4n) is 2.46. The molecule has 6 heteroatoms. The molecule has 0 saturated heterocycles. The third-order valence-electron chi connectivity index (χ3n) is 3.80. The highest BCUT2D eigenvalue weighted by atomic mass is 35.5. The van der Waals surface area contributed by atoms with E-state index in [4.69, 9.17) is 11.6 Å². The average Bonchev–Trinajstić information content (AvgIpc) is 3.09. The molecule has 1 unspecified atom stereocenters. The predicted octanol–water partition coefficient (Wildman–Crippen LogP) is 4.67. The summed E-state index contributed by atoms with van der Waals surface area (Å²) < 4.78 is 1.93. The van der Waals surface area contributed by atoms with E-state index >= 15 is 0 Å². The van der Waals surface area contributed by atoms with E-state index < -0.39 is 0 Å². The lowest BCUT2D eigenvalue weighted by atomic mass is 10.3. The topological polar surface area (TPSA) is 38.1 Å². The Kier molecular flexibility index (Phi) is 5.46. The molecule has 3 rings (SSSR count). The summed E-state index contributed by atoms with van der Waals surface area (Å²) in [5.41, 5.74) is 1.79. The molecule has 0 aliphatic rings. The van der Waals surface area contributed by atoms with Gasteiger partial charge in [0.2, 0.25) is 5.91 Å². The van der Waals surface area contributed by atoms with Crippen LogP contribution in [-0.4, -0.2) is 27.8 Å². The summed E-state index contributed by atoms with van der Waals surface area (Å²) >= 11 is 7.50. The van der Waals surface area contributed by atoms with Gasteiger partial charge in [0, 0.05) is 35.8 Å². The third-order valence-corrected chi connectivity index (χ3v) is 5.10. The van der Waals surface area contributed by atoms with Crippen LogP contribution in [0.4, 0.5) is 5.69 Å². The number of hydrogen-bond donors (Lipinski definition) is 0. The first-order valence-corrected chi connectivity index (χ1v) is 9.10. The van der Waals surface area contributed by atoms with Gasteiger partial charge in [0.05, 0.1) is 5.25 Å². The number of anilines is 1. The molecule has 1 atom stereocenters. The molecule has 0 fully saturated rings. The van der Waals surface area contributed by atoms with E-state index in [2.05, 4.69) is 4.98 Å². The Hall–Kier alpha value is -2.24. The van der Waals surface area contributed by atoms with E-state index in [9.17, 15) is 4.79 Å². The van der Waals surface area contributed by atoms with Gasteiger partial charge in [0.1, 0.15) is 0 Å². The first kappa shape index (κ1) is 17.6. The Bertz CT molecular complexity index is 866. The standard InChI is InChI=1S/C19H18ClN3OS/c1-14(18(24)22(2)16-8-4-3-5-9-16)25-19-21-11-12-23(19)17-10-6-7-15(20)13-17/h3-14H,1-2H3. The van der Waals surface area contributed by atoms with Gasteiger partial charge in [-0.1, -0.05) is 47.6 Å². The van der Waals surface area contributed by atoms with Gasteiger partial charge in [-0.15, -0.1) is 0 Å². The van der Waals surface area contributed by atoms with Gasteiger partial charge >= 0.3 is 0 Å². The number of amides is 1. The zero-order valence-electron chi connectivity index (χ0n) is 14.0. The van der Waals surface area contributed by atoms with Crippen molar-refractivity contribution in [3.05, 3.63) is 72.0 Å². The highest BCUT2D eigenvalue weighted by molar-refractivity contribution is 8.00. The minimum atomic E-state index is -0.273. The molecule has 0 bridgehead atoms. The number of hydrogen-bond acceptors (Lipinski definition) is 3. The van der Waals surface area contributed by atoms with Crippen molar-refractivity contribution in [2.75, 3.05) is 11.9 Å². The first-order chi connectivity index (χ1) is 12.1. The van der Waals surface area contributed by atoms with Crippen molar-refractivity contribution >= 4 is 35.0 Å². The second-order valence-corrected chi connectivity index (χ2v) is 7.30. The normalized spacial score (nSPS) is 12.0. The van der Waals surface area contributed by atoms with Crippen molar-refractivity contribution in [2.45, 2.75) is 17.3 Å². The summed E-state index contributed by atoms with van der Waals surface area (Å²) in [6.07, 6.45) is 3.59. The molecular weight excluding hydrogens is 354 g/mol. The number of nitrogens with zero attached hydrogens (tertiary/aromatic N) is 3.